The standard InChI is InChI=1S/C14H18N4OS/c1-11-7-16-18(8-11)10-13(19)17-5-2-3-12(9-17)14-15-4-6-20-14/h4,6-8,12H,2-3,5,9-10H2,1H3. The summed E-state index contributed by atoms with van der Waals surface area (Å²) in [4.78, 5) is 18.7. The third-order valence-corrected chi connectivity index (χ3v) is 4.57. The molecule has 1 fully saturated rings. The number of aromatic nitrogens is 3. The van der Waals surface area contributed by atoms with Crippen LogP contribution in [0.15, 0.2) is 24.0 Å². The fourth-order valence-corrected chi connectivity index (χ4v) is 3.40. The van der Waals surface area contributed by atoms with Gasteiger partial charge in [-0.05, 0) is 25.3 Å². The van der Waals surface area contributed by atoms with Gasteiger partial charge in [-0.2, -0.15) is 5.10 Å². The smallest absolute Gasteiger partial charge is 0.244 e. The number of aryl methyl sites for hydroxylation is 1. The summed E-state index contributed by atoms with van der Waals surface area (Å²) in [5.41, 5.74) is 1.08. The quantitative estimate of drug-likeness (QED) is 0.869. The van der Waals surface area contributed by atoms with Crippen LogP contribution in [0, 0.1) is 6.92 Å². The molecule has 20 heavy (non-hydrogen) atoms. The molecule has 0 aromatic carbocycles. The zero-order valence-electron chi connectivity index (χ0n) is 11.5. The number of rotatable bonds is 3. The average molecular weight is 290 g/mol. The first-order valence-electron chi connectivity index (χ1n) is 6.88. The van der Waals surface area contributed by atoms with E-state index in [1.165, 1.54) is 0 Å². The van der Waals surface area contributed by atoms with Crippen LogP contribution >= 0.6 is 11.3 Å². The van der Waals surface area contributed by atoms with Gasteiger partial charge in [0.1, 0.15) is 6.54 Å². The van der Waals surface area contributed by atoms with E-state index in [-0.39, 0.29) is 5.91 Å². The van der Waals surface area contributed by atoms with Crippen molar-refractivity contribution in [1.29, 1.82) is 0 Å². The molecule has 5 nitrogen and oxygen atoms in total. The van der Waals surface area contributed by atoms with Crippen molar-refractivity contribution in [2.24, 2.45) is 0 Å². The first kappa shape index (κ1) is 13.3. The highest BCUT2D eigenvalue weighted by Crippen LogP contribution is 2.28. The van der Waals surface area contributed by atoms with Crippen LogP contribution in [0.2, 0.25) is 0 Å². The lowest BCUT2D eigenvalue weighted by Gasteiger charge is -2.31. The average Bonchev–Trinajstić information content (AvgIpc) is 3.11. The van der Waals surface area contributed by atoms with Gasteiger partial charge in [-0.15, -0.1) is 11.3 Å². The van der Waals surface area contributed by atoms with E-state index in [0.29, 0.717) is 12.5 Å². The summed E-state index contributed by atoms with van der Waals surface area (Å²) >= 11 is 1.68. The molecule has 1 unspecified atom stereocenters. The van der Waals surface area contributed by atoms with Gasteiger partial charge < -0.3 is 4.90 Å². The first-order valence-corrected chi connectivity index (χ1v) is 7.76. The van der Waals surface area contributed by atoms with Crippen molar-refractivity contribution in [1.82, 2.24) is 19.7 Å². The van der Waals surface area contributed by atoms with Crippen LogP contribution in [0.25, 0.3) is 0 Å². The molecule has 3 heterocycles. The van der Waals surface area contributed by atoms with Crippen LogP contribution < -0.4 is 0 Å². The molecule has 0 bridgehead atoms. The van der Waals surface area contributed by atoms with Gasteiger partial charge in [0, 0.05) is 36.8 Å². The molecule has 1 saturated heterocycles. The van der Waals surface area contributed by atoms with Gasteiger partial charge in [0.15, 0.2) is 0 Å². The summed E-state index contributed by atoms with van der Waals surface area (Å²) in [5.74, 6) is 0.543. The van der Waals surface area contributed by atoms with Crippen LogP contribution in [0.4, 0.5) is 0 Å². The van der Waals surface area contributed by atoms with Gasteiger partial charge >= 0.3 is 0 Å². The number of hydrogen-bond acceptors (Lipinski definition) is 4. The maximum absolute atomic E-state index is 12.3. The predicted molar refractivity (Wildman–Crippen MR) is 77.6 cm³/mol. The van der Waals surface area contributed by atoms with Crippen molar-refractivity contribution in [3.63, 3.8) is 0 Å². The van der Waals surface area contributed by atoms with Crippen LogP contribution in [0.3, 0.4) is 0 Å². The van der Waals surface area contributed by atoms with Crippen molar-refractivity contribution in [3.8, 4) is 0 Å². The van der Waals surface area contributed by atoms with E-state index in [1.807, 2.05) is 29.6 Å². The van der Waals surface area contributed by atoms with E-state index in [1.54, 1.807) is 22.2 Å². The topological polar surface area (TPSA) is 51.0 Å². The third kappa shape index (κ3) is 2.90. The highest BCUT2D eigenvalue weighted by Gasteiger charge is 2.26. The molecule has 1 aliphatic rings. The van der Waals surface area contributed by atoms with Crippen LogP contribution in [0.1, 0.15) is 29.3 Å². The zero-order valence-corrected chi connectivity index (χ0v) is 12.3. The maximum Gasteiger partial charge on any atom is 0.244 e. The number of nitrogens with zero attached hydrogens (tertiary/aromatic N) is 4. The lowest BCUT2D eigenvalue weighted by atomic mass is 9.99. The largest absolute Gasteiger partial charge is 0.340 e. The molecule has 0 N–H and O–H groups in total. The molecule has 2 aromatic heterocycles. The zero-order chi connectivity index (χ0) is 13.9. The summed E-state index contributed by atoms with van der Waals surface area (Å²) in [6.07, 6.45) is 7.70. The summed E-state index contributed by atoms with van der Waals surface area (Å²) in [6.45, 7) is 3.94. The lowest BCUT2D eigenvalue weighted by Crippen LogP contribution is -2.40. The van der Waals surface area contributed by atoms with Gasteiger partial charge in [-0.1, -0.05) is 0 Å². The van der Waals surface area contributed by atoms with Gasteiger partial charge in [0.25, 0.3) is 0 Å². The molecule has 3 rings (SSSR count). The monoisotopic (exact) mass is 290 g/mol. The molecule has 0 radical (unpaired) electrons. The van der Waals surface area contributed by atoms with Crippen molar-refractivity contribution in [2.45, 2.75) is 32.2 Å². The number of hydrogen-bond donors (Lipinski definition) is 0. The van der Waals surface area contributed by atoms with Crippen LogP contribution in [0.5, 0.6) is 0 Å². The lowest BCUT2D eigenvalue weighted by molar-refractivity contribution is -0.133. The fraction of sp³-hybridized carbons (Fsp3) is 0.500. The summed E-state index contributed by atoms with van der Waals surface area (Å²) in [6, 6.07) is 0. The Morgan fingerprint density at radius 3 is 3.15 bits per heavy atom. The second-order valence-electron chi connectivity index (χ2n) is 5.26. The fourth-order valence-electron chi connectivity index (χ4n) is 2.63. The maximum atomic E-state index is 12.3. The number of carbonyl (C=O) groups excluding carboxylic acids is 1. The van der Waals surface area contributed by atoms with E-state index < -0.39 is 0 Å². The molecule has 2 aromatic rings. The molecule has 0 aliphatic carbocycles. The SMILES string of the molecule is Cc1cnn(CC(=O)N2CCCC(c3nccs3)C2)c1. The van der Waals surface area contributed by atoms with Crippen molar-refractivity contribution < 1.29 is 4.79 Å². The summed E-state index contributed by atoms with van der Waals surface area (Å²) in [5, 5.41) is 7.33. The molecule has 1 aliphatic heterocycles. The Bertz CT molecular complexity index is 578. The predicted octanol–water partition coefficient (Wildman–Crippen LogP) is 2.05. The van der Waals surface area contributed by atoms with E-state index in [4.69, 9.17) is 0 Å². The Morgan fingerprint density at radius 2 is 2.45 bits per heavy atom. The number of amides is 1. The highest BCUT2D eigenvalue weighted by molar-refractivity contribution is 7.09. The Kier molecular flexibility index (Phi) is 3.82. The minimum Gasteiger partial charge on any atom is -0.340 e. The summed E-state index contributed by atoms with van der Waals surface area (Å²) in [7, 11) is 0. The Hall–Kier alpha value is -1.69. The molecule has 0 spiro atoms. The third-order valence-electron chi connectivity index (χ3n) is 3.63. The Labute approximate surface area is 122 Å². The first-order chi connectivity index (χ1) is 9.72. The van der Waals surface area contributed by atoms with Crippen molar-refractivity contribution in [2.75, 3.05) is 13.1 Å². The Balaban J connectivity index is 1.63. The number of likely N-dealkylation sites (tertiary alicyclic amines) is 1. The second-order valence-corrected chi connectivity index (χ2v) is 6.19. The molecule has 106 valence electrons. The molecular weight excluding hydrogens is 272 g/mol. The minimum absolute atomic E-state index is 0.148. The minimum atomic E-state index is 0.148. The van der Waals surface area contributed by atoms with E-state index in [9.17, 15) is 4.79 Å². The molecule has 6 heteroatoms. The number of thiazole rings is 1. The Morgan fingerprint density at radius 1 is 1.55 bits per heavy atom. The summed E-state index contributed by atoms with van der Waals surface area (Å²) < 4.78 is 1.71. The van der Waals surface area contributed by atoms with Crippen LogP contribution in [-0.2, 0) is 11.3 Å². The van der Waals surface area contributed by atoms with Gasteiger partial charge in [0.05, 0.1) is 11.2 Å². The van der Waals surface area contributed by atoms with Gasteiger partial charge in [0.2, 0.25) is 5.91 Å². The van der Waals surface area contributed by atoms with Gasteiger partial charge in [-0.25, -0.2) is 4.98 Å². The number of carbonyl (C=O) groups is 1. The normalized spacial score (nSPS) is 19.2. The highest BCUT2D eigenvalue weighted by atomic mass is 32.1. The van der Waals surface area contributed by atoms with Crippen molar-refractivity contribution in [3.05, 3.63) is 34.5 Å². The molecule has 0 saturated carbocycles. The van der Waals surface area contributed by atoms with Crippen LogP contribution in [-0.4, -0.2) is 38.7 Å². The molecule has 1 atom stereocenters. The van der Waals surface area contributed by atoms with E-state index in [2.05, 4.69) is 10.1 Å². The van der Waals surface area contributed by atoms with Crippen molar-refractivity contribution >= 4 is 17.2 Å². The number of piperidine rings is 1. The molecular formula is C14H18N4OS. The molecule has 1 amide bonds. The van der Waals surface area contributed by atoms with E-state index in [0.717, 1.165) is 36.5 Å². The van der Waals surface area contributed by atoms with Gasteiger partial charge in [-0.3, -0.25) is 9.48 Å². The second kappa shape index (κ2) is 5.75. The van der Waals surface area contributed by atoms with E-state index >= 15 is 0 Å².